The predicted molar refractivity (Wildman–Crippen MR) is 79.4 cm³/mol. The van der Waals surface area contributed by atoms with Gasteiger partial charge in [0, 0.05) is 29.9 Å². The fourth-order valence-electron chi connectivity index (χ4n) is 1.89. The highest BCUT2D eigenvalue weighted by Gasteiger charge is 2.14. The molecule has 1 N–H and O–H groups in total. The molecule has 0 aliphatic carbocycles. The Morgan fingerprint density at radius 1 is 1.30 bits per heavy atom. The van der Waals surface area contributed by atoms with Crippen LogP contribution in [0.1, 0.15) is 28.5 Å². The van der Waals surface area contributed by atoms with Crippen LogP contribution in [0.15, 0.2) is 18.5 Å². The fraction of sp³-hybridized carbons (Fsp3) is 0.429. The van der Waals surface area contributed by atoms with Crippen molar-refractivity contribution < 1.29 is 9.47 Å². The molecule has 0 bridgehead atoms. The average Bonchev–Trinajstić information content (AvgIpc) is 2.90. The van der Waals surface area contributed by atoms with Crippen molar-refractivity contribution in [3.63, 3.8) is 0 Å². The molecule has 2 aromatic heterocycles. The lowest BCUT2D eigenvalue weighted by Gasteiger charge is -2.14. The summed E-state index contributed by atoms with van der Waals surface area (Å²) in [6, 6.07) is 1.96. The number of aryl methyl sites for hydroxylation is 1. The Kier molecular flexibility index (Phi) is 4.92. The minimum absolute atomic E-state index is 0.173. The van der Waals surface area contributed by atoms with Gasteiger partial charge >= 0.3 is 0 Å². The second-order valence-electron chi connectivity index (χ2n) is 4.40. The maximum atomic E-state index is 5.37. The van der Waals surface area contributed by atoms with E-state index in [4.69, 9.17) is 9.47 Å². The minimum atomic E-state index is 0.173. The Balaban J connectivity index is 2.07. The first kappa shape index (κ1) is 14.7. The van der Waals surface area contributed by atoms with Gasteiger partial charge in [-0.05, 0) is 13.8 Å². The maximum Gasteiger partial charge on any atom is 0.183 e. The molecule has 5 nitrogen and oxygen atoms in total. The summed E-state index contributed by atoms with van der Waals surface area (Å²) in [5.41, 5.74) is 0.826. The van der Waals surface area contributed by atoms with Crippen LogP contribution in [0, 0.1) is 6.92 Å². The van der Waals surface area contributed by atoms with Crippen molar-refractivity contribution in [2.75, 3.05) is 14.2 Å². The molecule has 2 heterocycles. The Hall–Kier alpha value is -1.66. The van der Waals surface area contributed by atoms with Crippen molar-refractivity contribution >= 4 is 11.3 Å². The molecule has 0 aromatic carbocycles. The van der Waals surface area contributed by atoms with E-state index in [-0.39, 0.29) is 6.04 Å². The third-order valence-corrected chi connectivity index (χ3v) is 4.05. The lowest BCUT2D eigenvalue weighted by molar-refractivity contribution is 0.347. The zero-order valence-corrected chi connectivity index (χ0v) is 13.0. The van der Waals surface area contributed by atoms with E-state index >= 15 is 0 Å². The standard InChI is InChI=1S/C14H19N3O2S/c1-9-7-17-14(20-9)10(2)16-8-11-13(19-4)12(18-3)5-6-15-11/h5-7,10,16H,8H2,1-4H3. The largest absolute Gasteiger partial charge is 0.493 e. The summed E-state index contributed by atoms with van der Waals surface area (Å²) < 4.78 is 10.6. The van der Waals surface area contributed by atoms with E-state index in [0.29, 0.717) is 18.0 Å². The van der Waals surface area contributed by atoms with Crippen LogP contribution in [0.2, 0.25) is 0 Å². The number of ether oxygens (including phenoxy) is 2. The third-order valence-electron chi connectivity index (χ3n) is 2.95. The molecule has 20 heavy (non-hydrogen) atoms. The van der Waals surface area contributed by atoms with E-state index in [1.54, 1.807) is 37.8 Å². The summed E-state index contributed by atoms with van der Waals surface area (Å²) in [4.78, 5) is 9.94. The van der Waals surface area contributed by atoms with Crippen LogP contribution in [0.25, 0.3) is 0 Å². The zero-order valence-electron chi connectivity index (χ0n) is 12.1. The van der Waals surface area contributed by atoms with Gasteiger partial charge in [-0.2, -0.15) is 0 Å². The first-order valence-corrected chi connectivity index (χ1v) is 7.19. The Bertz CT molecular complexity index is 571. The van der Waals surface area contributed by atoms with Crippen molar-refractivity contribution in [2.24, 2.45) is 0 Å². The molecule has 2 rings (SSSR count). The summed E-state index contributed by atoms with van der Waals surface area (Å²) in [6.07, 6.45) is 3.61. The molecule has 108 valence electrons. The van der Waals surface area contributed by atoms with Crippen LogP contribution >= 0.6 is 11.3 Å². The van der Waals surface area contributed by atoms with Gasteiger partial charge in [-0.15, -0.1) is 11.3 Å². The number of aromatic nitrogens is 2. The molecule has 2 aromatic rings. The normalized spacial score (nSPS) is 12.2. The molecule has 1 unspecified atom stereocenters. The highest BCUT2D eigenvalue weighted by Crippen LogP contribution is 2.29. The van der Waals surface area contributed by atoms with Gasteiger partial charge in [-0.25, -0.2) is 4.98 Å². The van der Waals surface area contributed by atoms with E-state index in [9.17, 15) is 0 Å². The summed E-state index contributed by atoms with van der Waals surface area (Å²) >= 11 is 1.70. The summed E-state index contributed by atoms with van der Waals surface area (Å²) in [7, 11) is 3.24. The van der Waals surface area contributed by atoms with Crippen LogP contribution in [-0.4, -0.2) is 24.2 Å². The number of nitrogens with one attached hydrogen (secondary N) is 1. The number of hydrogen-bond donors (Lipinski definition) is 1. The van der Waals surface area contributed by atoms with Gasteiger partial charge in [0.25, 0.3) is 0 Å². The van der Waals surface area contributed by atoms with E-state index in [1.807, 2.05) is 6.20 Å². The molecule has 0 fully saturated rings. The maximum absolute atomic E-state index is 5.37. The van der Waals surface area contributed by atoms with Crippen molar-refractivity contribution in [3.8, 4) is 11.5 Å². The van der Waals surface area contributed by atoms with Crippen molar-refractivity contribution in [2.45, 2.75) is 26.4 Å². The second-order valence-corrected chi connectivity index (χ2v) is 5.67. The predicted octanol–water partition coefficient (Wildman–Crippen LogP) is 2.71. The molecule has 0 radical (unpaired) electrons. The van der Waals surface area contributed by atoms with E-state index in [2.05, 4.69) is 29.1 Å². The number of hydrogen-bond acceptors (Lipinski definition) is 6. The van der Waals surface area contributed by atoms with Gasteiger partial charge in [0.15, 0.2) is 11.5 Å². The van der Waals surface area contributed by atoms with Gasteiger partial charge in [-0.3, -0.25) is 4.98 Å². The van der Waals surface area contributed by atoms with Crippen LogP contribution in [0.5, 0.6) is 11.5 Å². The first-order valence-electron chi connectivity index (χ1n) is 6.37. The Morgan fingerprint density at radius 3 is 2.70 bits per heavy atom. The lowest BCUT2D eigenvalue weighted by Crippen LogP contribution is -2.19. The second kappa shape index (κ2) is 6.67. The van der Waals surface area contributed by atoms with Gasteiger partial charge in [-0.1, -0.05) is 0 Å². The lowest BCUT2D eigenvalue weighted by atomic mass is 10.2. The van der Waals surface area contributed by atoms with Crippen molar-refractivity contribution in [3.05, 3.63) is 34.0 Å². The van der Waals surface area contributed by atoms with Crippen LogP contribution in [0.4, 0.5) is 0 Å². The highest BCUT2D eigenvalue weighted by atomic mass is 32.1. The SMILES string of the molecule is COc1ccnc(CNC(C)c2ncc(C)s2)c1OC. The van der Waals surface area contributed by atoms with E-state index in [1.165, 1.54) is 4.88 Å². The number of rotatable bonds is 6. The molecule has 0 saturated heterocycles. The summed E-state index contributed by atoms with van der Waals surface area (Å²) in [6.45, 7) is 4.74. The topological polar surface area (TPSA) is 56.3 Å². The highest BCUT2D eigenvalue weighted by molar-refractivity contribution is 7.11. The van der Waals surface area contributed by atoms with Gasteiger partial charge in [0.05, 0.1) is 26.0 Å². The third kappa shape index (κ3) is 3.26. The number of methoxy groups -OCH3 is 2. The molecular weight excluding hydrogens is 274 g/mol. The summed E-state index contributed by atoms with van der Waals surface area (Å²) in [5.74, 6) is 1.36. The molecule has 0 aliphatic heterocycles. The molecule has 0 amide bonds. The number of nitrogens with zero attached hydrogens (tertiary/aromatic N) is 2. The number of pyridine rings is 1. The zero-order chi connectivity index (χ0) is 14.5. The van der Waals surface area contributed by atoms with Gasteiger partial charge < -0.3 is 14.8 Å². The van der Waals surface area contributed by atoms with E-state index in [0.717, 1.165) is 10.7 Å². The monoisotopic (exact) mass is 293 g/mol. The van der Waals surface area contributed by atoms with Crippen molar-refractivity contribution in [1.29, 1.82) is 0 Å². The molecule has 6 heteroatoms. The molecular formula is C14H19N3O2S. The van der Waals surface area contributed by atoms with E-state index < -0.39 is 0 Å². The molecule has 0 aliphatic rings. The molecule has 1 atom stereocenters. The average molecular weight is 293 g/mol. The van der Waals surface area contributed by atoms with Crippen LogP contribution < -0.4 is 14.8 Å². The van der Waals surface area contributed by atoms with Gasteiger partial charge in [0.2, 0.25) is 0 Å². The quantitative estimate of drug-likeness (QED) is 0.887. The summed E-state index contributed by atoms with van der Waals surface area (Å²) in [5, 5.41) is 4.48. The fourth-order valence-corrected chi connectivity index (χ4v) is 2.69. The molecule has 0 saturated carbocycles. The Morgan fingerprint density at radius 2 is 2.10 bits per heavy atom. The van der Waals surface area contributed by atoms with Crippen LogP contribution in [0.3, 0.4) is 0 Å². The smallest absolute Gasteiger partial charge is 0.183 e. The number of thiazole rings is 1. The van der Waals surface area contributed by atoms with Crippen LogP contribution in [-0.2, 0) is 6.54 Å². The van der Waals surface area contributed by atoms with Gasteiger partial charge in [0.1, 0.15) is 5.01 Å². The minimum Gasteiger partial charge on any atom is -0.493 e. The Labute approximate surface area is 123 Å². The first-order chi connectivity index (χ1) is 9.65. The molecule has 0 spiro atoms. The van der Waals surface area contributed by atoms with Crippen molar-refractivity contribution in [1.82, 2.24) is 15.3 Å².